The van der Waals surface area contributed by atoms with Gasteiger partial charge in [-0.2, -0.15) is 0 Å². The summed E-state index contributed by atoms with van der Waals surface area (Å²) in [6, 6.07) is 1.05. The summed E-state index contributed by atoms with van der Waals surface area (Å²) in [5.74, 6) is 0. The zero-order valence-corrected chi connectivity index (χ0v) is 8.99. The van der Waals surface area contributed by atoms with Crippen LogP contribution in [0.5, 0.6) is 0 Å². The summed E-state index contributed by atoms with van der Waals surface area (Å²) in [6.07, 6.45) is 2.21. The van der Waals surface area contributed by atoms with Crippen LogP contribution >= 0.6 is 0 Å². The van der Waals surface area contributed by atoms with Crippen LogP contribution < -0.4 is 5.32 Å². The zero-order chi connectivity index (χ0) is 10.1. The lowest BCUT2D eigenvalue weighted by Crippen LogP contribution is -2.44. The molecule has 2 fully saturated rings. The van der Waals surface area contributed by atoms with Gasteiger partial charge in [0.2, 0.25) is 0 Å². The Morgan fingerprint density at radius 1 is 1.36 bits per heavy atom. The molecule has 14 heavy (non-hydrogen) atoms. The van der Waals surface area contributed by atoms with Gasteiger partial charge in [-0.25, -0.2) is 4.79 Å². The maximum atomic E-state index is 11.8. The SMILES string of the molecule is CC1CN(C2CCNCC2)C(=O)N1C. The fourth-order valence-corrected chi connectivity index (χ4v) is 2.30. The Morgan fingerprint density at radius 3 is 2.50 bits per heavy atom. The van der Waals surface area contributed by atoms with E-state index in [1.807, 2.05) is 16.8 Å². The molecule has 1 N–H and O–H groups in total. The lowest BCUT2D eigenvalue weighted by molar-refractivity contribution is 0.170. The van der Waals surface area contributed by atoms with Gasteiger partial charge in [0, 0.05) is 25.7 Å². The van der Waals surface area contributed by atoms with Gasteiger partial charge in [-0.05, 0) is 32.9 Å². The van der Waals surface area contributed by atoms with Crippen molar-refractivity contribution in [2.75, 3.05) is 26.7 Å². The van der Waals surface area contributed by atoms with Crippen molar-refractivity contribution in [1.29, 1.82) is 0 Å². The molecule has 2 aliphatic heterocycles. The monoisotopic (exact) mass is 197 g/mol. The summed E-state index contributed by atoms with van der Waals surface area (Å²) < 4.78 is 0. The zero-order valence-electron chi connectivity index (χ0n) is 8.99. The molecule has 0 saturated carbocycles. The number of carbonyl (C=O) groups is 1. The minimum atomic E-state index is 0.212. The smallest absolute Gasteiger partial charge is 0.320 e. The molecule has 80 valence electrons. The lowest BCUT2D eigenvalue weighted by Gasteiger charge is -2.30. The van der Waals surface area contributed by atoms with Crippen LogP contribution in [-0.2, 0) is 0 Å². The number of amides is 2. The molecule has 0 aromatic heterocycles. The molecule has 4 heteroatoms. The molecule has 0 aromatic carbocycles. The molecule has 2 saturated heterocycles. The topological polar surface area (TPSA) is 35.6 Å². The number of hydrogen-bond donors (Lipinski definition) is 1. The van der Waals surface area contributed by atoms with Crippen LogP contribution in [0.1, 0.15) is 19.8 Å². The molecule has 2 amide bonds. The molecule has 4 nitrogen and oxygen atoms in total. The maximum absolute atomic E-state index is 11.8. The second-order valence-corrected chi connectivity index (χ2v) is 4.38. The van der Waals surface area contributed by atoms with Crippen molar-refractivity contribution in [3.63, 3.8) is 0 Å². The summed E-state index contributed by atoms with van der Waals surface area (Å²) in [4.78, 5) is 15.7. The Bertz CT molecular complexity index is 225. The summed E-state index contributed by atoms with van der Waals surface area (Å²) in [6.45, 7) is 5.11. The third kappa shape index (κ3) is 1.59. The van der Waals surface area contributed by atoms with Crippen LogP contribution in [0.25, 0.3) is 0 Å². The Labute approximate surface area is 85.2 Å². The number of likely N-dealkylation sites (N-methyl/N-ethyl adjacent to an activating group) is 1. The standard InChI is InChI=1S/C10H19N3O/c1-8-7-13(10(14)12(8)2)9-3-5-11-6-4-9/h8-9,11H,3-7H2,1-2H3. The average Bonchev–Trinajstić information content (AvgIpc) is 2.47. The number of rotatable bonds is 1. The Morgan fingerprint density at radius 2 is 2.00 bits per heavy atom. The first kappa shape index (κ1) is 9.77. The average molecular weight is 197 g/mol. The molecule has 0 spiro atoms. The summed E-state index contributed by atoms with van der Waals surface area (Å²) >= 11 is 0. The van der Waals surface area contributed by atoms with Crippen LogP contribution in [0.3, 0.4) is 0 Å². The highest BCUT2D eigenvalue weighted by Crippen LogP contribution is 2.20. The summed E-state index contributed by atoms with van der Waals surface area (Å²) in [5, 5.41) is 3.32. The van der Waals surface area contributed by atoms with Crippen LogP contribution in [0.2, 0.25) is 0 Å². The molecular weight excluding hydrogens is 178 g/mol. The number of urea groups is 1. The molecule has 2 aliphatic rings. The third-order valence-corrected chi connectivity index (χ3v) is 3.42. The largest absolute Gasteiger partial charge is 0.323 e. The molecule has 0 bridgehead atoms. The number of nitrogens with one attached hydrogen (secondary N) is 1. The van der Waals surface area contributed by atoms with E-state index in [0.717, 1.165) is 32.5 Å². The molecule has 2 heterocycles. The van der Waals surface area contributed by atoms with E-state index >= 15 is 0 Å². The number of nitrogens with zero attached hydrogens (tertiary/aromatic N) is 2. The van der Waals surface area contributed by atoms with E-state index in [1.165, 1.54) is 0 Å². The van der Waals surface area contributed by atoms with E-state index in [1.54, 1.807) is 0 Å². The fraction of sp³-hybridized carbons (Fsp3) is 0.900. The number of hydrogen-bond acceptors (Lipinski definition) is 2. The highest BCUT2D eigenvalue weighted by molar-refractivity contribution is 5.77. The van der Waals surface area contributed by atoms with Crippen molar-refractivity contribution in [3.8, 4) is 0 Å². The van der Waals surface area contributed by atoms with Gasteiger partial charge >= 0.3 is 6.03 Å². The maximum Gasteiger partial charge on any atom is 0.320 e. The van der Waals surface area contributed by atoms with E-state index in [2.05, 4.69) is 12.2 Å². The van der Waals surface area contributed by atoms with E-state index < -0.39 is 0 Å². The lowest BCUT2D eigenvalue weighted by atomic mass is 10.1. The Hall–Kier alpha value is -0.770. The second kappa shape index (κ2) is 3.77. The highest BCUT2D eigenvalue weighted by atomic mass is 16.2. The van der Waals surface area contributed by atoms with Gasteiger partial charge in [0.15, 0.2) is 0 Å². The first-order chi connectivity index (χ1) is 6.70. The molecule has 2 rings (SSSR count). The van der Waals surface area contributed by atoms with Crippen LogP contribution in [0.15, 0.2) is 0 Å². The van der Waals surface area contributed by atoms with E-state index in [0.29, 0.717) is 12.1 Å². The van der Waals surface area contributed by atoms with Crippen molar-refractivity contribution in [2.24, 2.45) is 0 Å². The minimum Gasteiger partial charge on any atom is -0.323 e. The fourth-order valence-electron chi connectivity index (χ4n) is 2.30. The van der Waals surface area contributed by atoms with Gasteiger partial charge in [0.05, 0.1) is 0 Å². The van der Waals surface area contributed by atoms with Crippen molar-refractivity contribution < 1.29 is 4.79 Å². The molecule has 0 aromatic rings. The summed E-state index contributed by atoms with van der Waals surface area (Å²) in [7, 11) is 1.90. The Kier molecular flexibility index (Phi) is 2.63. The third-order valence-electron chi connectivity index (χ3n) is 3.42. The first-order valence-corrected chi connectivity index (χ1v) is 5.44. The minimum absolute atomic E-state index is 0.212. The van der Waals surface area contributed by atoms with E-state index in [-0.39, 0.29) is 6.03 Å². The van der Waals surface area contributed by atoms with Gasteiger partial charge < -0.3 is 15.1 Å². The van der Waals surface area contributed by atoms with Crippen molar-refractivity contribution in [3.05, 3.63) is 0 Å². The number of piperidine rings is 1. The molecule has 0 radical (unpaired) electrons. The van der Waals surface area contributed by atoms with Crippen LogP contribution in [0.4, 0.5) is 4.79 Å². The number of carbonyl (C=O) groups excluding carboxylic acids is 1. The van der Waals surface area contributed by atoms with Gasteiger partial charge in [0.25, 0.3) is 0 Å². The van der Waals surface area contributed by atoms with Crippen LogP contribution in [-0.4, -0.2) is 54.6 Å². The van der Waals surface area contributed by atoms with Gasteiger partial charge in [-0.15, -0.1) is 0 Å². The summed E-state index contributed by atoms with van der Waals surface area (Å²) in [5.41, 5.74) is 0. The molecule has 1 unspecified atom stereocenters. The predicted octanol–water partition coefficient (Wildman–Crippen LogP) is 0.494. The predicted molar refractivity (Wildman–Crippen MR) is 55.2 cm³/mol. The van der Waals surface area contributed by atoms with Crippen molar-refractivity contribution >= 4 is 6.03 Å². The molecule has 0 aliphatic carbocycles. The van der Waals surface area contributed by atoms with E-state index in [4.69, 9.17) is 0 Å². The van der Waals surface area contributed by atoms with Crippen molar-refractivity contribution in [1.82, 2.24) is 15.1 Å². The van der Waals surface area contributed by atoms with E-state index in [9.17, 15) is 4.79 Å². The van der Waals surface area contributed by atoms with Gasteiger partial charge in [0.1, 0.15) is 0 Å². The van der Waals surface area contributed by atoms with Gasteiger partial charge in [-0.1, -0.05) is 0 Å². The Balaban J connectivity index is 2.00. The van der Waals surface area contributed by atoms with Crippen molar-refractivity contribution in [2.45, 2.75) is 31.8 Å². The molecular formula is C10H19N3O. The molecule has 1 atom stereocenters. The highest BCUT2D eigenvalue weighted by Gasteiger charge is 2.36. The van der Waals surface area contributed by atoms with Gasteiger partial charge in [-0.3, -0.25) is 0 Å². The second-order valence-electron chi connectivity index (χ2n) is 4.38. The normalized spacial score (nSPS) is 30.1. The quantitative estimate of drug-likeness (QED) is 0.664. The van der Waals surface area contributed by atoms with Crippen LogP contribution in [0, 0.1) is 0 Å². The first-order valence-electron chi connectivity index (χ1n) is 5.44.